The normalized spacial score (nSPS) is 23.2. The van der Waals surface area contributed by atoms with Crippen LogP contribution in [0.3, 0.4) is 0 Å². The van der Waals surface area contributed by atoms with E-state index in [2.05, 4.69) is 15.3 Å². The first kappa shape index (κ1) is 24.3. The molecule has 1 atom stereocenters. The number of carbonyl (C=O) groups is 1. The van der Waals surface area contributed by atoms with Crippen molar-refractivity contribution in [3.05, 3.63) is 52.9 Å². The summed E-state index contributed by atoms with van der Waals surface area (Å²) in [4.78, 5) is 22.2. The zero-order valence-electron chi connectivity index (χ0n) is 19.3. The van der Waals surface area contributed by atoms with E-state index >= 15 is 0 Å². The average molecular weight is 509 g/mol. The Labute approximate surface area is 207 Å². The number of hydrogen-bond donors (Lipinski definition) is 1. The number of alkyl halides is 3. The molecule has 1 N–H and O–H groups in total. The summed E-state index contributed by atoms with van der Waals surface area (Å²) in [6, 6.07) is 8.50. The van der Waals surface area contributed by atoms with E-state index in [1.54, 1.807) is 0 Å². The summed E-state index contributed by atoms with van der Waals surface area (Å²) < 4.78 is 45.1. The van der Waals surface area contributed by atoms with Crippen LogP contribution in [0.2, 0.25) is 5.02 Å². The number of rotatable bonds is 5. The molecule has 10 heteroatoms. The molecule has 3 heterocycles. The Hall–Kier alpha value is -2.39. The lowest BCUT2D eigenvalue weighted by molar-refractivity contribution is -0.141. The highest BCUT2D eigenvalue weighted by molar-refractivity contribution is 6.30. The summed E-state index contributed by atoms with van der Waals surface area (Å²) in [5, 5.41) is 3.75. The highest BCUT2D eigenvalue weighted by Gasteiger charge is 2.51. The fourth-order valence-corrected chi connectivity index (χ4v) is 5.40. The van der Waals surface area contributed by atoms with Crippen molar-refractivity contribution in [3.63, 3.8) is 0 Å². The van der Waals surface area contributed by atoms with Crippen LogP contribution < -0.4 is 10.2 Å². The van der Waals surface area contributed by atoms with Crippen LogP contribution in [-0.2, 0) is 21.1 Å². The molecule has 1 saturated carbocycles. The molecule has 6 nitrogen and oxygen atoms in total. The molecule has 0 bridgehead atoms. The van der Waals surface area contributed by atoms with Gasteiger partial charge < -0.3 is 15.0 Å². The molecule has 1 amide bonds. The van der Waals surface area contributed by atoms with Gasteiger partial charge >= 0.3 is 6.18 Å². The van der Waals surface area contributed by atoms with Crippen molar-refractivity contribution in [1.29, 1.82) is 0 Å². The molecule has 3 aliphatic rings. The highest BCUT2D eigenvalue weighted by Crippen LogP contribution is 2.48. The summed E-state index contributed by atoms with van der Waals surface area (Å²) in [6.45, 7) is 2.34. The zero-order chi connectivity index (χ0) is 24.7. The van der Waals surface area contributed by atoms with E-state index < -0.39 is 17.3 Å². The minimum absolute atomic E-state index is 0.0257. The Bertz CT molecular complexity index is 1060. The first-order valence-electron chi connectivity index (χ1n) is 12.0. The summed E-state index contributed by atoms with van der Waals surface area (Å²) in [6.07, 6.45) is 1.62. The number of benzene rings is 1. The first-order valence-corrected chi connectivity index (χ1v) is 12.4. The fraction of sp³-hybridized carbons (Fsp3) is 0.560. The van der Waals surface area contributed by atoms with Gasteiger partial charge in [-0.05, 0) is 61.6 Å². The van der Waals surface area contributed by atoms with Gasteiger partial charge in [0, 0.05) is 30.7 Å². The number of hydrogen-bond acceptors (Lipinski definition) is 5. The quantitative estimate of drug-likeness (QED) is 0.630. The van der Waals surface area contributed by atoms with Gasteiger partial charge in [-0.3, -0.25) is 4.79 Å². The topological polar surface area (TPSA) is 67.4 Å². The van der Waals surface area contributed by atoms with Gasteiger partial charge in [0.1, 0.15) is 17.8 Å². The smallest absolute Gasteiger partial charge is 0.376 e. The maximum absolute atomic E-state index is 13.0. The Morgan fingerprint density at radius 1 is 1.11 bits per heavy atom. The lowest BCUT2D eigenvalue weighted by atomic mass is 9.73. The van der Waals surface area contributed by atoms with Gasteiger partial charge in [0.2, 0.25) is 5.91 Å². The SMILES string of the molecule is O=C(NCC1CCC2(CCN(c3cc(C(F)(F)F)ncn3)CC2)CO1)C1(c2ccc(Cl)cc2)CC1. The molecule has 1 aromatic carbocycles. The third-order valence-corrected chi connectivity index (χ3v) is 8.04. The molecular weight excluding hydrogens is 481 g/mol. The number of halogens is 4. The van der Waals surface area contributed by atoms with E-state index in [9.17, 15) is 18.0 Å². The highest BCUT2D eigenvalue weighted by atomic mass is 35.5. The van der Waals surface area contributed by atoms with Crippen molar-refractivity contribution >= 4 is 23.3 Å². The van der Waals surface area contributed by atoms with Crippen LogP contribution in [0.15, 0.2) is 36.7 Å². The van der Waals surface area contributed by atoms with Gasteiger partial charge in [-0.15, -0.1) is 0 Å². The fourth-order valence-electron chi connectivity index (χ4n) is 5.27. The van der Waals surface area contributed by atoms with Crippen molar-refractivity contribution in [2.45, 2.75) is 56.2 Å². The van der Waals surface area contributed by atoms with Gasteiger partial charge in [-0.1, -0.05) is 23.7 Å². The third-order valence-electron chi connectivity index (χ3n) is 7.78. The van der Waals surface area contributed by atoms with Gasteiger partial charge in [0.15, 0.2) is 0 Å². The molecular formula is C25H28ClF3N4O2. The first-order chi connectivity index (χ1) is 16.7. The van der Waals surface area contributed by atoms with Gasteiger partial charge in [0.05, 0.1) is 18.1 Å². The van der Waals surface area contributed by atoms with E-state index in [-0.39, 0.29) is 17.4 Å². The predicted molar refractivity (Wildman–Crippen MR) is 125 cm³/mol. The van der Waals surface area contributed by atoms with Crippen LogP contribution in [-0.4, -0.2) is 48.2 Å². The maximum Gasteiger partial charge on any atom is 0.433 e. The van der Waals surface area contributed by atoms with Crippen LogP contribution >= 0.6 is 11.6 Å². The van der Waals surface area contributed by atoms with Crippen LogP contribution in [0.4, 0.5) is 19.0 Å². The second kappa shape index (κ2) is 9.24. The summed E-state index contributed by atoms with van der Waals surface area (Å²) >= 11 is 5.98. The van der Waals surface area contributed by atoms with Crippen molar-refractivity contribution < 1.29 is 22.7 Å². The summed E-state index contributed by atoms with van der Waals surface area (Å²) in [5.74, 6) is 0.356. The summed E-state index contributed by atoms with van der Waals surface area (Å²) in [7, 11) is 0. The van der Waals surface area contributed by atoms with Crippen molar-refractivity contribution in [2.75, 3.05) is 31.1 Å². The number of piperidine rings is 1. The molecule has 188 valence electrons. The van der Waals surface area contributed by atoms with Crippen molar-refractivity contribution in [3.8, 4) is 0 Å². The van der Waals surface area contributed by atoms with Crippen LogP contribution in [0.5, 0.6) is 0 Å². The van der Waals surface area contributed by atoms with Crippen LogP contribution in [0.1, 0.15) is 49.8 Å². The minimum atomic E-state index is -4.48. The third kappa shape index (κ3) is 5.11. The Kier molecular flexibility index (Phi) is 6.42. The molecule has 5 rings (SSSR count). The van der Waals surface area contributed by atoms with E-state index in [0.29, 0.717) is 37.1 Å². The number of nitrogens with one attached hydrogen (secondary N) is 1. The van der Waals surface area contributed by atoms with E-state index in [4.69, 9.17) is 16.3 Å². The second-order valence-corrected chi connectivity index (χ2v) is 10.5. The Balaban J connectivity index is 1.10. The van der Waals surface area contributed by atoms with E-state index in [0.717, 1.165) is 56.5 Å². The molecule has 2 aromatic rings. The van der Waals surface area contributed by atoms with Crippen LogP contribution in [0, 0.1) is 5.41 Å². The maximum atomic E-state index is 13.0. The molecule has 3 fully saturated rings. The van der Waals surface area contributed by atoms with Crippen molar-refractivity contribution in [2.24, 2.45) is 5.41 Å². The molecule has 2 saturated heterocycles. The van der Waals surface area contributed by atoms with E-state index in [1.807, 2.05) is 29.2 Å². The number of anilines is 1. The number of carbonyl (C=O) groups excluding carboxylic acids is 1. The standard InChI is InChI=1S/C25H28ClF3N4O2/c26-18-3-1-17(2-4-18)24(7-8-24)22(34)30-14-19-5-6-23(15-35-19)9-11-33(12-10-23)21-13-20(25(27,28)29)31-16-32-21/h1-4,13,16,19H,5-12,14-15H2,(H,30,34). The predicted octanol–water partition coefficient (Wildman–Crippen LogP) is 4.76. The minimum Gasteiger partial charge on any atom is -0.376 e. The lowest BCUT2D eigenvalue weighted by Gasteiger charge is -2.46. The average Bonchev–Trinajstić information content (AvgIpc) is 3.66. The zero-order valence-corrected chi connectivity index (χ0v) is 20.0. The molecule has 2 aliphatic heterocycles. The number of amides is 1. The molecule has 1 aliphatic carbocycles. The molecule has 1 unspecified atom stereocenters. The summed E-state index contributed by atoms with van der Waals surface area (Å²) in [5.41, 5.74) is -0.337. The Morgan fingerprint density at radius 3 is 2.43 bits per heavy atom. The monoisotopic (exact) mass is 508 g/mol. The van der Waals surface area contributed by atoms with Gasteiger partial charge in [0.25, 0.3) is 0 Å². The number of ether oxygens (including phenoxy) is 1. The second-order valence-electron chi connectivity index (χ2n) is 10.0. The molecule has 1 aromatic heterocycles. The Morgan fingerprint density at radius 2 is 1.83 bits per heavy atom. The molecule has 0 radical (unpaired) electrons. The number of nitrogens with zero attached hydrogens (tertiary/aromatic N) is 3. The lowest BCUT2D eigenvalue weighted by Crippen LogP contribution is -2.48. The largest absolute Gasteiger partial charge is 0.433 e. The van der Waals surface area contributed by atoms with Crippen molar-refractivity contribution in [1.82, 2.24) is 15.3 Å². The van der Waals surface area contributed by atoms with Gasteiger partial charge in [-0.2, -0.15) is 13.2 Å². The number of aromatic nitrogens is 2. The molecule has 35 heavy (non-hydrogen) atoms. The van der Waals surface area contributed by atoms with E-state index in [1.165, 1.54) is 0 Å². The molecule has 1 spiro atoms. The van der Waals surface area contributed by atoms with Gasteiger partial charge in [-0.25, -0.2) is 9.97 Å². The van der Waals surface area contributed by atoms with Crippen LogP contribution in [0.25, 0.3) is 0 Å².